The molecule has 1 atom stereocenters. The lowest BCUT2D eigenvalue weighted by Gasteiger charge is -2.27. The van der Waals surface area contributed by atoms with Gasteiger partial charge in [-0.3, -0.25) is 0 Å². The highest BCUT2D eigenvalue weighted by atomic mass is 15.3. The van der Waals surface area contributed by atoms with Gasteiger partial charge < -0.3 is 5.32 Å². The third-order valence-electron chi connectivity index (χ3n) is 4.27. The molecule has 0 aromatic carbocycles. The fraction of sp³-hybridized carbons (Fsp3) is 0.600. The number of pyridine rings is 1. The number of aryl methyl sites for hydroxylation is 1. The van der Waals surface area contributed by atoms with Crippen molar-refractivity contribution in [1.82, 2.24) is 14.6 Å². The minimum absolute atomic E-state index is 0.456. The molecule has 102 valence electrons. The lowest BCUT2D eigenvalue weighted by molar-refractivity contribution is 0.327. The molecule has 0 radical (unpaired) electrons. The second-order valence-electron chi connectivity index (χ2n) is 5.73. The van der Waals surface area contributed by atoms with Crippen molar-refractivity contribution in [3.05, 3.63) is 23.9 Å². The van der Waals surface area contributed by atoms with E-state index in [2.05, 4.69) is 35.3 Å². The highest BCUT2D eigenvalue weighted by molar-refractivity contribution is 5.49. The summed E-state index contributed by atoms with van der Waals surface area (Å²) in [6.45, 7) is 4.33. The molecule has 1 aliphatic rings. The summed E-state index contributed by atoms with van der Waals surface area (Å²) in [5, 5.41) is 7.99. The fourth-order valence-electron chi connectivity index (χ4n) is 3.06. The van der Waals surface area contributed by atoms with Gasteiger partial charge in [0.25, 0.3) is 0 Å². The summed E-state index contributed by atoms with van der Waals surface area (Å²) in [6, 6.07) is 4.53. The van der Waals surface area contributed by atoms with Crippen LogP contribution in [0.4, 0.5) is 5.95 Å². The molecule has 0 bridgehead atoms. The first-order valence-corrected chi connectivity index (χ1v) is 7.32. The van der Waals surface area contributed by atoms with E-state index in [0.717, 1.165) is 23.1 Å². The van der Waals surface area contributed by atoms with E-state index >= 15 is 0 Å². The van der Waals surface area contributed by atoms with Crippen molar-refractivity contribution in [1.29, 1.82) is 0 Å². The standard InChI is InChI=1S/C15H22N4/c1-11-7-6-10-19-14(11)17-15(18-19)16-12(2)13-8-4-3-5-9-13/h6-7,10,12-13H,3-5,8-9H2,1-2H3,(H,16,18). The summed E-state index contributed by atoms with van der Waals surface area (Å²) in [5.74, 6) is 1.52. The van der Waals surface area contributed by atoms with Crippen molar-refractivity contribution in [3.8, 4) is 0 Å². The maximum absolute atomic E-state index is 4.59. The van der Waals surface area contributed by atoms with Gasteiger partial charge in [-0.2, -0.15) is 4.98 Å². The number of fused-ring (bicyclic) bond motifs is 1. The first kappa shape index (κ1) is 12.5. The largest absolute Gasteiger partial charge is 0.350 e. The van der Waals surface area contributed by atoms with Crippen molar-refractivity contribution in [2.75, 3.05) is 5.32 Å². The van der Waals surface area contributed by atoms with E-state index < -0.39 is 0 Å². The molecule has 19 heavy (non-hydrogen) atoms. The van der Waals surface area contributed by atoms with Crippen LogP contribution in [0.15, 0.2) is 18.3 Å². The van der Waals surface area contributed by atoms with E-state index in [0.29, 0.717) is 6.04 Å². The van der Waals surface area contributed by atoms with Crippen LogP contribution in [0.25, 0.3) is 5.65 Å². The number of nitrogens with one attached hydrogen (secondary N) is 1. The summed E-state index contributed by atoms with van der Waals surface area (Å²) in [6.07, 6.45) is 8.75. The molecule has 0 spiro atoms. The smallest absolute Gasteiger partial charge is 0.243 e. The van der Waals surface area contributed by atoms with E-state index in [1.807, 2.05) is 16.8 Å². The molecule has 1 aliphatic carbocycles. The molecule has 0 saturated heterocycles. The van der Waals surface area contributed by atoms with E-state index in [1.54, 1.807) is 0 Å². The van der Waals surface area contributed by atoms with Crippen LogP contribution in [0.1, 0.15) is 44.6 Å². The van der Waals surface area contributed by atoms with Crippen LogP contribution in [0, 0.1) is 12.8 Å². The fourth-order valence-corrected chi connectivity index (χ4v) is 3.06. The van der Waals surface area contributed by atoms with E-state index in [4.69, 9.17) is 0 Å². The third-order valence-corrected chi connectivity index (χ3v) is 4.27. The Morgan fingerprint density at radius 3 is 2.84 bits per heavy atom. The molecular weight excluding hydrogens is 236 g/mol. The topological polar surface area (TPSA) is 42.2 Å². The molecule has 0 amide bonds. The van der Waals surface area contributed by atoms with E-state index in [9.17, 15) is 0 Å². The molecule has 1 saturated carbocycles. The minimum Gasteiger partial charge on any atom is -0.350 e. The van der Waals surface area contributed by atoms with Crippen LogP contribution < -0.4 is 5.32 Å². The zero-order chi connectivity index (χ0) is 13.2. The quantitative estimate of drug-likeness (QED) is 0.917. The number of aromatic nitrogens is 3. The van der Waals surface area contributed by atoms with Gasteiger partial charge in [-0.1, -0.05) is 25.3 Å². The average Bonchev–Trinajstić information content (AvgIpc) is 2.84. The Hall–Kier alpha value is -1.58. The molecule has 1 unspecified atom stereocenters. The van der Waals surface area contributed by atoms with Crippen LogP contribution in [0.2, 0.25) is 0 Å². The van der Waals surface area contributed by atoms with Crippen molar-refractivity contribution in [2.24, 2.45) is 5.92 Å². The summed E-state index contributed by atoms with van der Waals surface area (Å²) < 4.78 is 1.85. The lowest BCUT2D eigenvalue weighted by atomic mass is 9.85. The number of anilines is 1. The number of hydrogen-bond donors (Lipinski definition) is 1. The predicted molar refractivity (Wildman–Crippen MR) is 77.4 cm³/mol. The Bertz CT molecular complexity index is 554. The van der Waals surface area contributed by atoms with Gasteiger partial charge >= 0.3 is 0 Å². The normalized spacial score (nSPS) is 18.6. The molecule has 2 heterocycles. The molecular formula is C15H22N4. The molecule has 4 heteroatoms. The van der Waals surface area contributed by atoms with Gasteiger partial charge in [0.15, 0.2) is 5.65 Å². The summed E-state index contributed by atoms with van der Waals surface area (Å²) in [7, 11) is 0. The minimum atomic E-state index is 0.456. The van der Waals surface area contributed by atoms with Crippen LogP contribution in [-0.2, 0) is 0 Å². The summed E-state index contributed by atoms with van der Waals surface area (Å²) in [4.78, 5) is 4.59. The Kier molecular flexibility index (Phi) is 3.40. The Morgan fingerprint density at radius 2 is 2.11 bits per heavy atom. The van der Waals surface area contributed by atoms with Gasteiger partial charge in [0.2, 0.25) is 5.95 Å². The van der Waals surface area contributed by atoms with E-state index in [1.165, 1.54) is 32.1 Å². The van der Waals surface area contributed by atoms with Gasteiger partial charge in [-0.25, -0.2) is 4.52 Å². The number of rotatable bonds is 3. The van der Waals surface area contributed by atoms with Gasteiger partial charge in [-0.05, 0) is 44.2 Å². The Morgan fingerprint density at radius 1 is 1.32 bits per heavy atom. The third kappa shape index (κ3) is 2.57. The van der Waals surface area contributed by atoms with Crippen molar-refractivity contribution in [3.63, 3.8) is 0 Å². The van der Waals surface area contributed by atoms with Crippen LogP contribution in [0.3, 0.4) is 0 Å². The van der Waals surface area contributed by atoms with Crippen LogP contribution >= 0.6 is 0 Å². The molecule has 0 aliphatic heterocycles. The summed E-state index contributed by atoms with van der Waals surface area (Å²) >= 11 is 0. The lowest BCUT2D eigenvalue weighted by Crippen LogP contribution is -2.28. The van der Waals surface area contributed by atoms with Gasteiger partial charge in [-0.15, -0.1) is 5.10 Å². The van der Waals surface area contributed by atoms with Gasteiger partial charge in [0, 0.05) is 12.2 Å². The van der Waals surface area contributed by atoms with Crippen LogP contribution in [0.5, 0.6) is 0 Å². The monoisotopic (exact) mass is 258 g/mol. The Labute approximate surface area is 114 Å². The molecule has 2 aromatic rings. The zero-order valence-corrected chi connectivity index (χ0v) is 11.8. The van der Waals surface area contributed by atoms with Crippen LogP contribution in [-0.4, -0.2) is 20.6 Å². The molecule has 1 fully saturated rings. The zero-order valence-electron chi connectivity index (χ0n) is 11.8. The maximum Gasteiger partial charge on any atom is 0.243 e. The maximum atomic E-state index is 4.59. The number of hydrogen-bond acceptors (Lipinski definition) is 3. The highest BCUT2D eigenvalue weighted by Gasteiger charge is 2.21. The molecule has 2 aromatic heterocycles. The van der Waals surface area contributed by atoms with Gasteiger partial charge in [0.05, 0.1) is 0 Å². The Balaban J connectivity index is 1.75. The second kappa shape index (κ2) is 5.19. The number of nitrogens with zero attached hydrogens (tertiary/aromatic N) is 3. The molecule has 1 N–H and O–H groups in total. The molecule has 4 nitrogen and oxygen atoms in total. The first-order chi connectivity index (χ1) is 9.24. The first-order valence-electron chi connectivity index (χ1n) is 7.32. The highest BCUT2D eigenvalue weighted by Crippen LogP contribution is 2.27. The second-order valence-corrected chi connectivity index (χ2v) is 5.73. The van der Waals surface area contributed by atoms with Crippen molar-refractivity contribution in [2.45, 2.75) is 52.0 Å². The van der Waals surface area contributed by atoms with Gasteiger partial charge in [0.1, 0.15) is 0 Å². The average molecular weight is 258 g/mol. The summed E-state index contributed by atoms with van der Waals surface area (Å²) in [5.41, 5.74) is 2.11. The SMILES string of the molecule is Cc1cccn2nc(NC(C)C3CCCCC3)nc12. The predicted octanol–water partition coefficient (Wildman–Crippen LogP) is 3.42. The van der Waals surface area contributed by atoms with Crippen molar-refractivity contribution < 1.29 is 0 Å². The van der Waals surface area contributed by atoms with E-state index in [-0.39, 0.29) is 0 Å². The molecule has 3 rings (SSSR count). The van der Waals surface area contributed by atoms with Crippen molar-refractivity contribution >= 4 is 11.6 Å².